The van der Waals surface area contributed by atoms with Crippen LogP contribution in [0.3, 0.4) is 0 Å². The minimum absolute atomic E-state index is 0.141. The van der Waals surface area contributed by atoms with Gasteiger partial charge in [-0.25, -0.2) is 4.79 Å². The number of carbonyl (C=O) groups is 1. The van der Waals surface area contributed by atoms with Gasteiger partial charge in [-0.3, -0.25) is 4.90 Å². The molecule has 1 heterocycles. The molecule has 4 aromatic rings. The van der Waals surface area contributed by atoms with Crippen molar-refractivity contribution in [2.75, 3.05) is 26.8 Å². The van der Waals surface area contributed by atoms with Gasteiger partial charge in [0, 0.05) is 21.7 Å². The molecule has 1 aromatic heterocycles. The molecule has 4 rings (SSSR count). The van der Waals surface area contributed by atoms with E-state index in [1.165, 1.54) is 0 Å². The second-order valence-electron chi connectivity index (χ2n) is 8.16. The SMILES string of the molecule is CCOC(=O)c1c(C)oc2c1c(C(c1ccc(OC)cc1)N(CC)CC)c(O)c1ccccc12. The zero-order valence-electron chi connectivity index (χ0n) is 20.3. The molecule has 0 amide bonds. The molecular weight excluding hydrogens is 430 g/mol. The molecule has 0 spiro atoms. The minimum atomic E-state index is -0.456. The fraction of sp³-hybridized carbons (Fsp3) is 0.321. The first kappa shape index (κ1) is 23.6. The number of hydrogen-bond donors (Lipinski definition) is 1. The Balaban J connectivity index is 2.15. The number of esters is 1. The van der Waals surface area contributed by atoms with Crippen molar-refractivity contribution in [3.63, 3.8) is 0 Å². The fourth-order valence-electron chi connectivity index (χ4n) is 4.79. The zero-order chi connectivity index (χ0) is 24.4. The number of aryl methyl sites for hydroxylation is 1. The number of ether oxygens (including phenoxy) is 2. The number of phenolic OH excluding ortho intramolecular Hbond substituents is 1. The molecule has 178 valence electrons. The van der Waals surface area contributed by atoms with E-state index in [1.807, 2.05) is 48.5 Å². The normalized spacial score (nSPS) is 12.4. The lowest BCUT2D eigenvalue weighted by Gasteiger charge is -2.32. The van der Waals surface area contributed by atoms with Crippen LogP contribution in [0.4, 0.5) is 0 Å². The Hall–Kier alpha value is -3.51. The van der Waals surface area contributed by atoms with Crippen LogP contribution in [0.25, 0.3) is 21.7 Å². The van der Waals surface area contributed by atoms with Gasteiger partial charge < -0.3 is 19.0 Å². The first-order valence-corrected chi connectivity index (χ1v) is 11.7. The third-order valence-electron chi connectivity index (χ3n) is 6.40. The van der Waals surface area contributed by atoms with Gasteiger partial charge in [-0.05, 0) is 44.6 Å². The van der Waals surface area contributed by atoms with Crippen molar-refractivity contribution >= 4 is 27.7 Å². The zero-order valence-corrected chi connectivity index (χ0v) is 20.3. The van der Waals surface area contributed by atoms with Gasteiger partial charge in [0.15, 0.2) is 0 Å². The van der Waals surface area contributed by atoms with Crippen molar-refractivity contribution in [2.24, 2.45) is 0 Å². The lowest BCUT2D eigenvalue weighted by atomic mass is 9.89. The monoisotopic (exact) mass is 461 g/mol. The molecule has 1 atom stereocenters. The minimum Gasteiger partial charge on any atom is -0.507 e. The Labute approximate surface area is 199 Å². The van der Waals surface area contributed by atoms with Crippen molar-refractivity contribution < 1.29 is 23.8 Å². The van der Waals surface area contributed by atoms with Crippen LogP contribution in [0.1, 0.15) is 54.1 Å². The molecular formula is C28H31NO5. The first-order chi connectivity index (χ1) is 16.5. The van der Waals surface area contributed by atoms with Crippen LogP contribution in [0.5, 0.6) is 11.5 Å². The van der Waals surface area contributed by atoms with E-state index in [0.717, 1.165) is 29.8 Å². The van der Waals surface area contributed by atoms with E-state index in [1.54, 1.807) is 21.0 Å². The summed E-state index contributed by atoms with van der Waals surface area (Å²) < 4.78 is 17.0. The van der Waals surface area contributed by atoms with Gasteiger partial charge in [0.2, 0.25) is 0 Å². The van der Waals surface area contributed by atoms with Gasteiger partial charge in [0.1, 0.15) is 28.4 Å². The quantitative estimate of drug-likeness (QED) is 0.314. The molecule has 1 N–H and O–H groups in total. The average molecular weight is 462 g/mol. The summed E-state index contributed by atoms with van der Waals surface area (Å²) in [4.78, 5) is 15.4. The van der Waals surface area contributed by atoms with Crippen LogP contribution >= 0.6 is 0 Å². The number of aromatic hydroxyl groups is 1. The number of phenols is 1. The van der Waals surface area contributed by atoms with Crippen LogP contribution in [0.2, 0.25) is 0 Å². The van der Waals surface area contributed by atoms with Gasteiger partial charge in [-0.15, -0.1) is 0 Å². The van der Waals surface area contributed by atoms with Gasteiger partial charge in [0.05, 0.1) is 19.8 Å². The van der Waals surface area contributed by atoms with E-state index in [2.05, 4.69) is 18.7 Å². The Morgan fingerprint density at radius 2 is 1.68 bits per heavy atom. The number of benzene rings is 3. The molecule has 0 bridgehead atoms. The molecule has 1 unspecified atom stereocenters. The molecule has 0 saturated carbocycles. The predicted molar refractivity (Wildman–Crippen MR) is 134 cm³/mol. The van der Waals surface area contributed by atoms with Gasteiger partial charge in [-0.2, -0.15) is 0 Å². The molecule has 0 aliphatic rings. The van der Waals surface area contributed by atoms with Gasteiger partial charge in [0.25, 0.3) is 0 Å². The maximum Gasteiger partial charge on any atom is 0.342 e. The molecule has 34 heavy (non-hydrogen) atoms. The Morgan fingerprint density at radius 3 is 2.26 bits per heavy atom. The number of fused-ring (bicyclic) bond motifs is 3. The summed E-state index contributed by atoms with van der Waals surface area (Å²) in [5, 5.41) is 13.8. The molecule has 6 nitrogen and oxygen atoms in total. The molecule has 0 radical (unpaired) electrons. The highest BCUT2D eigenvalue weighted by molar-refractivity contribution is 6.16. The topological polar surface area (TPSA) is 72.1 Å². The summed E-state index contributed by atoms with van der Waals surface area (Å²) in [7, 11) is 1.63. The molecule has 0 aliphatic carbocycles. The van der Waals surface area contributed by atoms with E-state index in [9.17, 15) is 9.90 Å². The Bertz CT molecular complexity index is 1320. The third kappa shape index (κ3) is 3.88. The van der Waals surface area contributed by atoms with Gasteiger partial charge >= 0.3 is 5.97 Å². The molecule has 0 saturated heterocycles. The smallest absolute Gasteiger partial charge is 0.342 e. The largest absolute Gasteiger partial charge is 0.507 e. The number of nitrogens with zero attached hydrogens (tertiary/aromatic N) is 1. The number of hydrogen-bond acceptors (Lipinski definition) is 6. The summed E-state index contributed by atoms with van der Waals surface area (Å²) in [6, 6.07) is 15.1. The van der Waals surface area contributed by atoms with Crippen molar-refractivity contribution in [1.29, 1.82) is 0 Å². The maximum atomic E-state index is 13.1. The van der Waals surface area contributed by atoms with E-state index >= 15 is 0 Å². The third-order valence-corrected chi connectivity index (χ3v) is 6.40. The van der Waals surface area contributed by atoms with E-state index in [4.69, 9.17) is 13.9 Å². The van der Waals surface area contributed by atoms with Crippen LogP contribution in [-0.4, -0.2) is 42.8 Å². The van der Waals surface area contributed by atoms with Crippen molar-refractivity contribution in [3.8, 4) is 11.5 Å². The van der Waals surface area contributed by atoms with E-state index in [0.29, 0.717) is 33.2 Å². The lowest BCUT2D eigenvalue weighted by molar-refractivity contribution is 0.0526. The second-order valence-corrected chi connectivity index (χ2v) is 8.16. The molecule has 0 aliphatic heterocycles. The van der Waals surface area contributed by atoms with E-state index in [-0.39, 0.29) is 18.4 Å². The van der Waals surface area contributed by atoms with E-state index < -0.39 is 5.97 Å². The molecule has 6 heteroatoms. The second kappa shape index (κ2) is 9.77. The standard InChI is InChI=1S/C28H31NO5/c1-6-29(7-2)25(18-13-15-19(32-5)16-14-18)24-23-22(28(31)33-8-3)17(4)34-27(23)21-12-10-9-11-20(21)26(24)30/h9-16,25,30H,6-8H2,1-5H3. The highest BCUT2D eigenvalue weighted by Crippen LogP contribution is 2.47. The summed E-state index contributed by atoms with van der Waals surface area (Å²) >= 11 is 0. The van der Waals surface area contributed by atoms with Crippen LogP contribution in [-0.2, 0) is 4.74 Å². The Kier molecular flexibility index (Phi) is 6.80. The van der Waals surface area contributed by atoms with Crippen LogP contribution in [0.15, 0.2) is 52.9 Å². The number of furan rings is 1. The van der Waals surface area contributed by atoms with Gasteiger partial charge in [-0.1, -0.05) is 50.2 Å². The highest BCUT2D eigenvalue weighted by Gasteiger charge is 2.33. The van der Waals surface area contributed by atoms with Crippen molar-refractivity contribution in [3.05, 3.63) is 71.0 Å². The average Bonchev–Trinajstić information content (AvgIpc) is 3.21. The summed E-state index contributed by atoms with van der Waals surface area (Å²) in [5.41, 5.74) is 2.56. The number of methoxy groups -OCH3 is 1. The number of carbonyl (C=O) groups excluding carboxylic acids is 1. The van der Waals surface area contributed by atoms with Crippen LogP contribution < -0.4 is 4.74 Å². The highest BCUT2D eigenvalue weighted by atomic mass is 16.5. The summed E-state index contributed by atoms with van der Waals surface area (Å²) in [6.07, 6.45) is 0. The molecule has 3 aromatic carbocycles. The first-order valence-electron chi connectivity index (χ1n) is 11.7. The lowest BCUT2D eigenvalue weighted by Crippen LogP contribution is -2.29. The maximum absolute atomic E-state index is 13.1. The summed E-state index contributed by atoms with van der Waals surface area (Å²) in [6.45, 7) is 9.45. The summed E-state index contributed by atoms with van der Waals surface area (Å²) in [5.74, 6) is 0.907. The predicted octanol–water partition coefficient (Wildman–Crippen LogP) is 6.22. The Morgan fingerprint density at radius 1 is 1.03 bits per heavy atom. The van der Waals surface area contributed by atoms with Crippen molar-refractivity contribution in [2.45, 2.75) is 33.7 Å². The molecule has 0 fully saturated rings. The fourth-order valence-corrected chi connectivity index (χ4v) is 4.79. The van der Waals surface area contributed by atoms with Crippen molar-refractivity contribution in [1.82, 2.24) is 4.90 Å². The van der Waals surface area contributed by atoms with Crippen LogP contribution in [0, 0.1) is 6.92 Å². The number of rotatable bonds is 8.